The zero-order chi connectivity index (χ0) is 50.1. The van der Waals surface area contributed by atoms with E-state index in [1.54, 1.807) is 20.0 Å². The fourth-order valence-electron chi connectivity index (χ4n) is 6.22. The number of hydrogen-bond acceptors (Lipinski definition) is 12. The Labute approximate surface area is 364 Å². The van der Waals surface area contributed by atoms with Gasteiger partial charge in [0.2, 0.25) is 5.88 Å². The molecule has 1 saturated carbocycles. The number of aliphatic carboxylic acids is 3. The van der Waals surface area contributed by atoms with Gasteiger partial charge >= 0.3 is 42.6 Å². The normalized spacial score (nSPS) is 17.6. The molecule has 5 heterocycles. The predicted molar refractivity (Wildman–Crippen MR) is 200 cm³/mol. The van der Waals surface area contributed by atoms with Crippen molar-refractivity contribution in [3.05, 3.63) is 54.4 Å². The second-order valence-corrected chi connectivity index (χ2v) is 15.1. The van der Waals surface area contributed by atoms with E-state index in [1.165, 1.54) is 12.4 Å². The summed E-state index contributed by atoms with van der Waals surface area (Å²) < 4.78 is 144. The van der Waals surface area contributed by atoms with Gasteiger partial charge in [-0.2, -0.15) is 63.0 Å². The minimum Gasteiger partial charge on any atom is -0.475 e. The Kier molecular flexibility index (Phi) is 17.5. The lowest BCUT2D eigenvalue weighted by Crippen LogP contribution is -2.65. The van der Waals surface area contributed by atoms with Crippen LogP contribution in [0.15, 0.2) is 43.1 Å². The number of hydrogen-bond donors (Lipinski definition) is 6. The minimum absolute atomic E-state index is 0.0426. The molecule has 2 fully saturated rings. The van der Waals surface area contributed by atoms with Crippen LogP contribution in [0.1, 0.15) is 57.2 Å². The molecule has 1 saturated heterocycles. The van der Waals surface area contributed by atoms with E-state index < -0.39 is 59.4 Å². The first-order valence-electron chi connectivity index (χ1n) is 18.8. The van der Waals surface area contributed by atoms with Crippen molar-refractivity contribution in [2.75, 3.05) is 19.7 Å². The molecule has 0 spiro atoms. The van der Waals surface area contributed by atoms with E-state index in [0.29, 0.717) is 37.9 Å². The first kappa shape index (κ1) is 54.1. The van der Waals surface area contributed by atoms with Gasteiger partial charge in [-0.15, -0.1) is 0 Å². The van der Waals surface area contributed by atoms with E-state index in [-0.39, 0.29) is 31.2 Å². The van der Waals surface area contributed by atoms with Gasteiger partial charge in [0.05, 0.1) is 31.0 Å². The van der Waals surface area contributed by atoms with Gasteiger partial charge in [0, 0.05) is 60.6 Å². The number of rotatable bonds is 10. The summed E-state index contributed by atoms with van der Waals surface area (Å²) in [5.41, 5.74) is 0.682. The molecule has 4 aromatic rings. The number of aliphatic hydroxyl groups excluding tert-OH is 1. The third kappa shape index (κ3) is 15.4. The summed E-state index contributed by atoms with van der Waals surface area (Å²) in [5, 5.41) is 49.1. The van der Waals surface area contributed by atoms with Gasteiger partial charge in [-0.3, -0.25) is 9.58 Å². The van der Waals surface area contributed by atoms with Gasteiger partial charge in [-0.1, -0.05) is 0 Å². The molecule has 4 aromatic heterocycles. The van der Waals surface area contributed by atoms with Crippen molar-refractivity contribution < 1.29 is 92.2 Å². The summed E-state index contributed by atoms with van der Waals surface area (Å²) in [4.78, 5) is 44.6. The van der Waals surface area contributed by atoms with E-state index in [2.05, 4.69) is 41.3 Å². The molecule has 1 aliphatic heterocycles. The largest absolute Gasteiger partial charge is 0.490 e. The molecular weight excluding hydrogens is 926 g/mol. The zero-order valence-electron chi connectivity index (χ0n) is 34.1. The third-order valence-corrected chi connectivity index (χ3v) is 9.59. The summed E-state index contributed by atoms with van der Waals surface area (Å²) in [6.07, 6.45) is -9.72. The molecule has 6 N–H and O–H groups in total. The van der Waals surface area contributed by atoms with E-state index >= 15 is 0 Å². The number of nitriles is 1. The van der Waals surface area contributed by atoms with Crippen LogP contribution in [0.5, 0.6) is 5.88 Å². The lowest BCUT2D eigenvalue weighted by Gasteiger charge is -2.53. The number of carboxylic acid groups (broad SMARTS) is 3. The molecule has 2 aliphatic rings. The van der Waals surface area contributed by atoms with Crippen LogP contribution in [-0.2, 0) is 32.6 Å². The molecule has 0 unspecified atom stereocenters. The second-order valence-electron chi connectivity index (χ2n) is 15.1. The summed E-state index contributed by atoms with van der Waals surface area (Å²) in [6.45, 7) is 4.87. The number of aliphatic hydroxyl groups is 1. The van der Waals surface area contributed by atoms with E-state index in [1.807, 2.05) is 23.1 Å². The maximum Gasteiger partial charge on any atom is 0.490 e. The molecule has 0 radical (unpaired) electrons. The zero-order valence-corrected chi connectivity index (χ0v) is 34.1. The smallest absolute Gasteiger partial charge is 0.475 e. The molecule has 1 aliphatic carbocycles. The summed E-state index contributed by atoms with van der Waals surface area (Å²) >= 11 is 0. The number of nitrogens with one attached hydrogen (secondary N) is 2. The topological polar surface area (TPSA) is 253 Å². The number of alkyl halides is 12. The Hall–Kier alpha value is -6.28. The lowest BCUT2D eigenvalue weighted by molar-refractivity contribution is -0.193. The van der Waals surface area contributed by atoms with Gasteiger partial charge in [-0.25, -0.2) is 29.3 Å². The fraction of sp³-hybridized carbons (Fsp3) is 0.514. The fourth-order valence-corrected chi connectivity index (χ4v) is 6.22. The van der Waals surface area contributed by atoms with Gasteiger partial charge < -0.3 is 35.5 Å². The Balaban J connectivity index is 0.000000457. The number of carboxylic acids is 3. The Morgan fingerprint density at radius 2 is 1.44 bits per heavy atom. The average molecular weight is 966 g/mol. The number of likely N-dealkylation sites (tertiary alicyclic amines) is 1. The molecule has 17 nitrogen and oxygen atoms in total. The van der Waals surface area contributed by atoms with Gasteiger partial charge in [-0.05, 0) is 57.2 Å². The number of fused-ring (bicyclic) bond motifs is 1. The number of carbonyl (C=O) groups is 3. The van der Waals surface area contributed by atoms with Crippen molar-refractivity contribution >= 4 is 28.9 Å². The standard InChI is InChI=1S/C31H36F3N9O2.3C2HF3O2/c1-29(2,18-44)39-13-20-11-25(31(32,33)34)41-26(12-20)45-23-5-3-22(4-6-23)42-16-30(17-42,8-9-35)43-15-21(14-40-43)27-24-7-10-36-28(24)38-19-37-27;3*3-2(4,5)1(6)7/h7,10-12,14-15,19,22-23,39,44H,3-6,8,13,16-18H2,1-2H3,(H,36,37,38);3*(H,6,7). The maximum absolute atomic E-state index is 13.6. The summed E-state index contributed by atoms with van der Waals surface area (Å²) in [6, 6.07) is 7.10. The van der Waals surface area contributed by atoms with E-state index in [0.717, 1.165) is 41.2 Å². The molecule has 29 heteroatoms. The molecule has 0 atom stereocenters. The number of ether oxygens (including phenoxy) is 1. The van der Waals surface area contributed by atoms with Crippen LogP contribution >= 0.6 is 0 Å². The highest BCUT2D eigenvalue weighted by atomic mass is 19.4. The highest BCUT2D eigenvalue weighted by Gasteiger charge is 2.48. The van der Waals surface area contributed by atoms with Crippen LogP contribution in [0.2, 0.25) is 0 Å². The summed E-state index contributed by atoms with van der Waals surface area (Å²) in [5.74, 6) is -8.31. The lowest BCUT2D eigenvalue weighted by atomic mass is 9.82. The van der Waals surface area contributed by atoms with Crippen molar-refractivity contribution in [3.8, 4) is 23.2 Å². The Morgan fingerprint density at radius 3 is 1.92 bits per heavy atom. The number of halogens is 12. The number of aromatic nitrogens is 6. The van der Waals surface area contributed by atoms with Crippen molar-refractivity contribution in [3.63, 3.8) is 0 Å². The number of nitrogens with zero attached hydrogens (tertiary/aromatic N) is 7. The highest BCUT2D eigenvalue weighted by molar-refractivity contribution is 5.90. The molecule has 0 bridgehead atoms. The van der Waals surface area contributed by atoms with Crippen LogP contribution < -0.4 is 10.1 Å². The average Bonchev–Trinajstić information content (AvgIpc) is 3.89. The maximum atomic E-state index is 13.6. The van der Waals surface area contributed by atoms with Gasteiger partial charge in [0.25, 0.3) is 0 Å². The summed E-state index contributed by atoms with van der Waals surface area (Å²) in [7, 11) is 0. The third-order valence-electron chi connectivity index (χ3n) is 9.59. The van der Waals surface area contributed by atoms with Crippen LogP contribution in [0.3, 0.4) is 0 Å². The van der Waals surface area contributed by atoms with Crippen LogP contribution in [0, 0.1) is 11.3 Å². The van der Waals surface area contributed by atoms with Crippen LogP contribution in [0.4, 0.5) is 52.7 Å². The van der Waals surface area contributed by atoms with Crippen molar-refractivity contribution in [2.24, 2.45) is 0 Å². The number of H-pyrrole nitrogens is 1. The van der Waals surface area contributed by atoms with Crippen LogP contribution in [-0.4, -0.2) is 129 Å². The Bertz CT molecular complexity index is 2250. The van der Waals surface area contributed by atoms with Crippen molar-refractivity contribution in [1.29, 1.82) is 5.26 Å². The first-order valence-corrected chi connectivity index (χ1v) is 18.8. The molecule has 66 heavy (non-hydrogen) atoms. The molecule has 364 valence electrons. The van der Waals surface area contributed by atoms with Crippen molar-refractivity contribution in [2.45, 2.75) is 100 Å². The first-order chi connectivity index (χ1) is 30.3. The Morgan fingerprint density at radius 1 is 0.894 bits per heavy atom. The number of pyridine rings is 1. The molecule has 0 amide bonds. The predicted octanol–water partition coefficient (Wildman–Crippen LogP) is 6.31. The number of aromatic amines is 1. The van der Waals surface area contributed by atoms with E-state index in [9.17, 15) is 63.1 Å². The molecule has 0 aromatic carbocycles. The van der Waals surface area contributed by atoms with E-state index in [4.69, 9.17) is 34.4 Å². The van der Waals surface area contributed by atoms with Gasteiger partial charge in [0.15, 0.2) is 0 Å². The second kappa shape index (κ2) is 21.4. The van der Waals surface area contributed by atoms with Crippen molar-refractivity contribution in [1.82, 2.24) is 39.9 Å². The SMILES string of the molecule is CC(C)(CO)NCc1cc(OC2CCC(N3CC(CC#N)(n4cc(-c5ncnc6[nH]ccc56)cn4)C3)CC2)nc(C(F)(F)F)c1.O=C(O)C(F)(F)F.O=C(O)C(F)(F)F.O=C(O)C(F)(F)F. The monoisotopic (exact) mass is 965 g/mol. The minimum atomic E-state index is -5.08. The van der Waals surface area contributed by atoms with Gasteiger partial charge in [0.1, 0.15) is 29.3 Å². The quantitative estimate of drug-likeness (QED) is 0.0953. The van der Waals surface area contributed by atoms with Crippen LogP contribution in [0.25, 0.3) is 22.3 Å². The highest BCUT2D eigenvalue weighted by Crippen LogP contribution is 2.39. The molecule has 6 rings (SSSR count). The molecular formula is C37H39F12N9O8.